The first-order chi connectivity index (χ1) is 9.65. The SMILES string of the molecule is NC(=S)c1ccc(N2CCCN3CCCC3C2)c(Br)c1. The average Bonchev–Trinajstić information content (AvgIpc) is 2.76. The van der Waals surface area contributed by atoms with Crippen molar-refractivity contribution >= 4 is 38.8 Å². The van der Waals surface area contributed by atoms with E-state index in [-0.39, 0.29) is 0 Å². The second kappa shape index (κ2) is 6.00. The van der Waals surface area contributed by atoms with Crippen LogP contribution in [0.5, 0.6) is 0 Å². The minimum absolute atomic E-state index is 0.454. The Hall–Kier alpha value is -0.650. The molecule has 0 aromatic heterocycles. The Balaban J connectivity index is 1.82. The highest BCUT2D eigenvalue weighted by molar-refractivity contribution is 9.10. The van der Waals surface area contributed by atoms with Gasteiger partial charge in [0.25, 0.3) is 0 Å². The van der Waals surface area contributed by atoms with Crippen LogP contribution >= 0.6 is 28.1 Å². The molecule has 5 heteroatoms. The zero-order chi connectivity index (χ0) is 14.1. The topological polar surface area (TPSA) is 32.5 Å². The van der Waals surface area contributed by atoms with Gasteiger partial charge in [-0.3, -0.25) is 4.90 Å². The van der Waals surface area contributed by atoms with E-state index < -0.39 is 0 Å². The van der Waals surface area contributed by atoms with Crippen LogP contribution in [-0.2, 0) is 0 Å². The number of thiocarbonyl (C=S) groups is 1. The van der Waals surface area contributed by atoms with Gasteiger partial charge in [0.2, 0.25) is 0 Å². The van der Waals surface area contributed by atoms with Crippen molar-refractivity contribution in [1.29, 1.82) is 0 Å². The van der Waals surface area contributed by atoms with E-state index in [1.165, 1.54) is 38.0 Å². The van der Waals surface area contributed by atoms with Crippen LogP contribution in [0.3, 0.4) is 0 Å². The maximum Gasteiger partial charge on any atom is 0.104 e. The molecule has 3 rings (SSSR count). The Morgan fingerprint density at radius 3 is 2.80 bits per heavy atom. The summed E-state index contributed by atoms with van der Waals surface area (Å²) in [5, 5.41) is 0. The van der Waals surface area contributed by atoms with Crippen molar-refractivity contribution in [3.63, 3.8) is 0 Å². The van der Waals surface area contributed by atoms with E-state index in [9.17, 15) is 0 Å². The van der Waals surface area contributed by atoms with E-state index in [4.69, 9.17) is 18.0 Å². The van der Waals surface area contributed by atoms with Gasteiger partial charge in [0.05, 0.1) is 5.69 Å². The molecule has 2 heterocycles. The summed E-state index contributed by atoms with van der Waals surface area (Å²) in [5.74, 6) is 0. The van der Waals surface area contributed by atoms with Crippen molar-refractivity contribution < 1.29 is 0 Å². The van der Waals surface area contributed by atoms with Gasteiger partial charge in [0, 0.05) is 35.7 Å². The molecule has 1 aromatic carbocycles. The fourth-order valence-corrected chi connectivity index (χ4v) is 4.10. The summed E-state index contributed by atoms with van der Waals surface area (Å²) in [6, 6.07) is 6.93. The fourth-order valence-electron chi connectivity index (χ4n) is 3.34. The highest BCUT2D eigenvalue weighted by Crippen LogP contribution is 2.31. The number of hydrogen-bond donors (Lipinski definition) is 1. The van der Waals surface area contributed by atoms with Crippen molar-refractivity contribution in [1.82, 2.24) is 4.90 Å². The summed E-state index contributed by atoms with van der Waals surface area (Å²) in [4.78, 5) is 5.61. The normalized spacial score (nSPS) is 23.4. The first-order valence-corrected chi connectivity index (χ1v) is 8.43. The molecule has 1 atom stereocenters. The molecular formula is C15H20BrN3S. The van der Waals surface area contributed by atoms with Gasteiger partial charge >= 0.3 is 0 Å². The molecule has 108 valence electrons. The minimum atomic E-state index is 0.454. The third kappa shape index (κ3) is 2.85. The second-order valence-electron chi connectivity index (χ2n) is 5.66. The summed E-state index contributed by atoms with van der Waals surface area (Å²) in [6.07, 6.45) is 3.92. The predicted octanol–water partition coefficient (Wildman–Crippen LogP) is 2.76. The largest absolute Gasteiger partial charge is 0.389 e. The van der Waals surface area contributed by atoms with Gasteiger partial charge in [-0.1, -0.05) is 12.2 Å². The number of benzene rings is 1. The monoisotopic (exact) mass is 353 g/mol. The standard InChI is InChI=1S/C15H20BrN3S/c16-13-9-11(15(17)20)4-5-14(13)19-8-2-7-18-6-1-3-12(18)10-19/h4-5,9,12H,1-3,6-8,10H2,(H2,17,20). The molecule has 1 aromatic rings. The smallest absolute Gasteiger partial charge is 0.104 e. The molecule has 3 nitrogen and oxygen atoms in total. The van der Waals surface area contributed by atoms with E-state index in [0.29, 0.717) is 4.99 Å². The van der Waals surface area contributed by atoms with E-state index >= 15 is 0 Å². The quantitative estimate of drug-likeness (QED) is 0.828. The predicted molar refractivity (Wildman–Crippen MR) is 91.5 cm³/mol. The van der Waals surface area contributed by atoms with Crippen LogP contribution in [-0.4, -0.2) is 42.1 Å². The molecular weight excluding hydrogens is 334 g/mol. The van der Waals surface area contributed by atoms with Crippen LogP contribution in [0, 0.1) is 0 Å². The van der Waals surface area contributed by atoms with Crippen molar-refractivity contribution in [2.24, 2.45) is 5.73 Å². The average molecular weight is 354 g/mol. The van der Waals surface area contributed by atoms with Gasteiger partial charge in [-0.25, -0.2) is 0 Å². The number of hydrogen-bond acceptors (Lipinski definition) is 3. The van der Waals surface area contributed by atoms with Crippen LogP contribution in [0.1, 0.15) is 24.8 Å². The maximum atomic E-state index is 5.70. The first kappa shape index (κ1) is 14.3. The molecule has 0 saturated carbocycles. The van der Waals surface area contributed by atoms with E-state index in [1.54, 1.807) is 0 Å². The third-order valence-electron chi connectivity index (χ3n) is 4.38. The Labute approximate surface area is 134 Å². The zero-order valence-corrected chi connectivity index (χ0v) is 13.9. The molecule has 2 saturated heterocycles. The summed E-state index contributed by atoms with van der Waals surface area (Å²) < 4.78 is 1.09. The number of nitrogens with two attached hydrogens (primary N) is 1. The van der Waals surface area contributed by atoms with Gasteiger partial charge < -0.3 is 10.6 Å². The Morgan fingerprint density at radius 2 is 2.05 bits per heavy atom. The van der Waals surface area contributed by atoms with Crippen molar-refractivity contribution in [2.45, 2.75) is 25.3 Å². The van der Waals surface area contributed by atoms with Crippen LogP contribution in [0.2, 0.25) is 0 Å². The van der Waals surface area contributed by atoms with Gasteiger partial charge in [-0.05, 0) is 59.9 Å². The van der Waals surface area contributed by atoms with Crippen LogP contribution < -0.4 is 10.6 Å². The lowest BCUT2D eigenvalue weighted by Crippen LogP contribution is -2.36. The molecule has 2 fully saturated rings. The zero-order valence-electron chi connectivity index (χ0n) is 11.5. The highest BCUT2D eigenvalue weighted by Gasteiger charge is 2.29. The van der Waals surface area contributed by atoms with Crippen molar-refractivity contribution in [2.75, 3.05) is 31.1 Å². The second-order valence-corrected chi connectivity index (χ2v) is 6.96. The molecule has 0 aliphatic carbocycles. The lowest BCUT2D eigenvalue weighted by atomic mass is 10.1. The molecule has 0 radical (unpaired) electrons. The first-order valence-electron chi connectivity index (χ1n) is 7.23. The Kier molecular flexibility index (Phi) is 4.29. The summed E-state index contributed by atoms with van der Waals surface area (Å²) in [5.41, 5.74) is 7.88. The Bertz CT molecular complexity index is 520. The summed E-state index contributed by atoms with van der Waals surface area (Å²) in [7, 11) is 0. The molecule has 0 amide bonds. The number of nitrogens with zero attached hydrogens (tertiary/aromatic N) is 2. The van der Waals surface area contributed by atoms with E-state index in [0.717, 1.165) is 29.2 Å². The molecule has 2 aliphatic rings. The molecule has 1 unspecified atom stereocenters. The van der Waals surface area contributed by atoms with E-state index in [1.807, 2.05) is 12.1 Å². The molecule has 2 N–H and O–H groups in total. The number of rotatable bonds is 2. The van der Waals surface area contributed by atoms with Crippen LogP contribution in [0.25, 0.3) is 0 Å². The fraction of sp³-hybridized carbons (Fsp3) is 0.533. The van der Waals surface area contributed by atoms with Crippen molar-refractivity contribution in [3.8, 4) is 0 Å². The van der Waals surface area contributed by atoms with Gasteiger partial charge in [-0.15, -0.1) is 0 Å². The molecule has 0 bridgehead atoms. The maximum absolute atomic E-state index is 5.70. The number of fused-ring (bicyclic) bond motifs is 1. The van der Waals surface area contributed by atoms with Crippen LogP contribution in [0.4, 0.5) is 5.69 Å². The van der Waals surface area contributed by atoms with E-state index in [2.05, 4.69) is 31.8 Å². The van der Waals surface area contributed by atoms with Crippen LogP contribution in [0.15, 0.2) is 22.7 Å². The Morgan fingerprint density at radius 1 is 1.25 bits per heavy atom. The lowest BCUT2D eigenvalue weighted by Gasteiger charge is -2.28. The lowest BCUT2D eigenvalue weighted by molar-refractivity contribution is 0.273. The van der Waals surface area contributed by atoms with Gasteiger partial charge in [0.1, 0.15) is 4.99 Å². The molecule has 0 spiro atoms. The number of halogens is 1. The van der Waals surface area contributed by atoms with Gasteiger partial charge in [0.15, 0.2) is 0 Å². The molecule has 2 aliphatic heterocycles. The summed E-state index contributed by atoms with van der Waals surface area (Å²) >= 11 is 8.72. The summed E-state index contributed by atoms with van der Waals surface area (Å²) in [6.45, 7) is 4.77. The number of anilines is 1. The van der Waals surface area contributed by atoms with Crippen molar-refractivity contribution in [3.05, 3.63) is 28.2 Å². The van der Waals surface area contributed by atoms with Gasteiger partial charge in [-0.2, -0.15) is 0 Å². The minimum Gasteiger partial charge on any atom is -0.389 e. The third-order valence-corrected chi connectivity index (χ3v) is 5.25. The highest BCUT2D eigenvalue weighted by atomic mass is 79.9. The molecule has 20 heavy (non-hydrogen) atoms.